The predicted octanol–water partition coefficient (Wildman–Crippen LogP) is 2.77. The molecule has 3 amide bonds. The molecule has 23 heavy (non-hydrogen) atoms. The maximum absolute atomic E-state index is 12.0. The van der Waals surface area contributed by atoms with Crippen LogP contribution in [0.1, 0.15) is 28.2 Å². The summed E-state index contributed by atoms with van der Waals surface area (Å²) >= 11 is 1.67. The van der Waals surface area contributed by atoms with Crippen LogP contribution in [-0.4, -0.2) is 42.5 Å². The number of carbonyl (C=O) groups is 2. The highest BCUT2D eigenvalue weighted by Gasteiger charge is 2.12. The van der Waals surface area contributed by atoms with Gasteiger partial charge in [-0.1, -0.05) is 13.0 Å². The molecule has 0 aromatic carbocycles. The molecule has 0 fully saturated rings. The van der Waals surface area contributed by atoms with Crippen LogP contribution in [0.3, 0.4) is 0 Å². The average Bonchev–Trinajstić information content (AvgIpc) is 3.06. The number of urea groups is 1. The molecule has 0 aliphatic carbocycles. The summed E-state index contributed by atoms with van der Waals surface area (Å²) in [4.78, 5) is 30.5. The van der Waals surface area contributed by atoms with E-state index in [0.29, 0.717) is 17.9 Å². The number of pyridine rings is 1. The van der Waals surface area contributed by atoms with Crippen molar-refractivity contribution in [3.8, 4) is 0 Å². The minimum absolute atomic E-state index is 0.208. The maximum Gasteiger partial charge on any atom is 0.319 e. The highest BCUT2D eigenvalue weighted by Crippen LogP contribution is 2.19. The standard InChI is InChI=1S/C16H20N4O2S/c1-11(14-5-4-8-23-14)10-18-16(22)19-12-6-7-17-13(9-12)15(21)20(2)3/h4-9,11H,10H2,1-3H3,(H2,17,18,19,22)/t11-/m0/s1. The van der Waals surface area contributed by atoms with Crippen molar-refractivity contribution >= 4 is 29.0 Å². The first-order chi connectivity index (χ1) is 11.0. The van der Waals surface area contributed by atoms with Crippen molar-refractivity contribution in [2.75, 3.05) is 26.0 Å². The summed E-state index contributed by atoms with van der Waals surface area (Å²) in [6.07, 6.45) is 1.50. The van der Waals surface area contributed by atoms with Gasteiger partial charge < -0.3 is 15.5 Å². The summed E-state index contributed by atoms with van der Waals surface area (Å²) in [5.41, 5.74) is 0.825. The molecule has 7 heteroatoms. The van der Waals surface area contributed by atoms with Gasteiger partial charge in [-0.05, 0) is 23.6 Å². The molecule has 2 heterocycles. The van der Waals surface area contributed by atoms with Gasteiger partial charge >= 0.3 is 6.03 Å². The Kier molecular flexibility index (Phi) is 5.70. The summed E-state index contributed by atoms with van der Waals surface area (Å²) < 4.78 is 0. The number of nitrogens with one attached hydrogen (secondary N) is 2. The van der Waals surface area contributed by atoms with Crippen LogP contribution >= 0.6 is 11.3 Å². The fraction of sp³-hybridized carbons (Fsp3) is 0.312. The molecule has 2 N–H and O–H groups in total. The maximum atomic E-state index is 12.0. The van der Waals surface area contributed by atoms with Gasteiger partial charge in [-0.25, -0.2) is 4.79 Å². The smallest absolute Gasteiger partial charge is 0.319 e. The quantitative estimate of drug-likeness (QED) is 0.884. The highest BCUT2D eigenvalue weighted by molar-refractivity contribution is 7.10. The third-order valence-electron chi connectivity index (χ3n) is 3.24. The number of hydrogen-bond donors (Lipinski definition) is 2. The van der Waals surface area contributed by atoms with Gasteiger partial charge in [0.2, 0.25) is 0 Å². The predicted molar refractivity (Wildman–Crippen MR) is 92.0 cm³/mol. The number of thiophene rings is 1. The lowest BCUT2D eigenvalue weighted by Gasteiger charge is -2.13. The second-order valence-corrected chi connectivity index (χ2v) is 6.36. The molecule has 2 aromatic heterocycles. The molecule has 0 saturated carbocycles. The van der Waals surface area contributed by atoms with E-state index >= 15 is 0 Å². The van der Waals surface area contributed by atoms with Crippen LogP contribution in [0.25, 0.3) is 0 Å². The number of amides is 3. The van der Waals surface area contributed by atoms with Crippen molar-refractivity contribution in [1.29, 1.82) is 0 Å². The van der Waals surface area contributed by atoms with E-state index in [1.54, 1.807) is 37.6 Å². The molecule has 2 aromatic rings. The Balaban J connectivity index is 1.90. The van der Waals surface area contributed by atoms with Crippen LogP contribution in [0.2, 0.25) is 0 Å². The van der Waals surface area contributed by atoms with Crippen LogP contribution in [0.4, 0.5) is 10.5 Å². The lowest BCUT2D eigenvalue weighted by molar-refractivity contribution is 0.0822. The van der Waals surface area contributed by atoms with E-state index in [2.05, 4.69) is 28.6 Å². The molecular weight excluding hydrogens is 312 g/mol. The highest BCUT2D eigenvalue weighted by atomic mass is 32.1. The van der Waals surface area contributed by atoms with E-state index in [1.807, 2.05) is 11.4 Å². The molecule has 0 aliphatic heterocycles. The van der Waals surface area contributed by atoms with Crippen molar-refractivity contribution in [3.05, 3.63) is 46.4 Å². The van der Waals surface area contributed by atoms with Crippen molar-refractivity contribution in [2.24, 2.45) is 0 Å². The zero-order valence-electron chi connectivity index (χ0n) is 13.4. The minimum atomic E-state index is -0.303. The first-order valence-electron chi connectivity index (χ1n) is 7.23. The Morgan fingerprint density at radius 2 is 2.13 bits per heavy atom. The van der Waals surface area contributed by atoms with Gasteiger partial charge in [0.1, 0.15) is 5.69 Å². The number of rotatable bonds is 5. The number of aromatic nitrogens is 1. The number of carbonyl (C=O) groups excluding carboxylic acids is 2. The Bertz CT molecular complexity index is 670. The minimum Gasteiger partial charge on any atom is -0.343 e. The van der Waals surface area contributed by atoms with Crippen molar-refractivity contribution in [3.63, 3.8) is 0 Å². The lowest BCUT2D eigenvalue weighted by Crippen LogP contribution is -2.31. The molecule has 0 radical (unpaired) electrons. The fourth-order valence-electron chi connectivity index (χ4n) is 1.95. The Labute approximate surface area is 139 Å². The van der Waals surface area contributed by atoms with Gasteiger partial charge in [-0.3, -0.25) is 9.78 Å². The summed E-state index contributed by atoms with van der Waals surface area (Å²) in [5, 5.41) is 7.57. The molecule has 0 spiro atoms. The Morgan fingerprint density at radius 1 is 1.35 bits per heavy atom. The molecule has 0 bridgehead atoms. The van der Waals surface area contributed by atoms with Crippen LogP contribution in [0, 0.1) is 0 Å². The van der Waals surface area contributed by atoms with Crippen LogP contribution in [0.15, 0.2) is 35.8 Å². The third kappa shape index (κ3) is 4.79. The number of nitrogens with zero attached hydrogens (tertiary/aromatic N) is 2. The van der Waals surface area contributed by atoms with E-state index < -0.39 is 0 Å². The molecular formula is C16H20N4O2S. The SMILES string of the molecule is C[C@@H](CNC(=O)Nc1ccnc(C(=O)N(C)C)c1)c1cccs1. The molecule has 2 rings (SSSR count). The second kappa shape index (κ2) is 7.73. The zero-order chi connectivity index (χ0) is 16.8. The number of hydrogen-bond acceptors (Lipinski definition) is 4. The molecule has 122 valence electrons. The van der Waals surface area contributed by atoms with Gasteiger partial charge in [-0.15, -0.1) is 11.3 Å². The van der Waals surface area contributed by atoms with Crippen molar-refractivity contribution < 1.29 is 9.59 Å². The van der Waals surface area contributed by atoms with Gasteiger partial charge in [0.05, 0.1) is 0 Å². The third-order valence-corrected chi connectivity index (χ3v) is 4.34. The van der Waals surface area contributed by atoms with E-state index in [-0.39, 0.29) is 17.9 Å². The second-order valence-electron chi connectivity index (χ2n) is 5.38. The zero-order valence-corrected chi connectivity index (χ0v) is 14.2. The molecule has 0 saturated heterocycles. The van der Waals surface area contributed by atoms with Gasteiger partial charge in [0.15, 0.2) is 0 Å². The van der Waals surface area contributed by atoms with E-state index in [9.17, 15) is 9.59 Å². The van der Waals surface area contributed by atoms with Crippen molar-refractivity contribution in [1.82, 2.24) is 15.2 Å². The monoisotopic (exact) mass is 332 g/mol. The average molecular weight is 332 g/mol. The first kappa shape index (κ1) is 17.0. The number of anilines is 1. The van der Waals surface area contributed by atoms with E-state index in [1.165, 1.54) is 16.0 Å². The van der Waals surface area contributed by atoms with Crippen LogP contribution in [-0.2, 0) is 0 Å². The van der Waals surface area contributed by atoms with E-state index in [0.717, 1.165) is 0 Å². The first-order valence-corrected chi connectivity index (χ1v) is 8.11. The normalized spacial score (nSPS) is 11.6. The van der Waals surface area contributed by atoms with Gasteiger partial charge in [0, 0.05) is 43.3 Å². The molecule has 0 aliphatic rings. The Hall–Kier alpha value is -2.41. The summed E-state index contributed by atoms with van der Waals surface area (Å²) in [7, 11) is 3.31. The molecule has 0 unspecified atom stereocenters. The van der Waals surface area contributed by atoms with Gasteiger partial charge in [-0.2, -0.15) is 0 Å². The summed E-state index contributed by atoms with van der Waals surface area (Å²) in [5.74, 6) is 0.0458. The summed E-state index contributed by atoms with van der Waals surface area (Å²) in [6, 6.07) is 6.95. The van der Waals surface area contributed by atoms with Crippen LogP contribution < -0.4 is 10.6 Å². The Morgan fingerprint density at radius 3 is 2.78 bits per heavy atom. The topological polar surface area (TPSA) is 74.3 Å². The fourth-order valence-corrected chi connectivity index (χ4v) is 2.73. The largest absolute Gasteiger partial charge is 0.343 e. The molecule has 1 atom stereocenters. The van der Waals surface area contributed by atoms with Crippen molar-refractivity contribution in [2.45, 2.75) is 12.8 Å². The molecule has 6 nitrogen and oxygen atoms in total. The summed E-state index contributed by atoms with van der Waals surface area (Å²) in [6.45, 7) is 2.60. The van der Waals surface area contributed by atoms with E-state index in [4.69, 9.17) is 0 Å². The van der Waals surface area contributed by atoms with Gasteiger partial charge in [0.25, 0.3) is 5.91 Å². The van der Waals surface area contributed by atoms with Crippen LogP contribution in [0.5, 0.6) is 0 Å². The lowest BCUT2D eigenvalue weighted by atomic mass is 10.1.